The van der Waals surface area contributed by atoms with Crippen molar-refractivity contribution in [1.82, 2.24) is 9.47 Å². The van der Waals surface area contributed by atoms with E-state index in [1.54, 1.807) is 34.9 Å². The Labute approximate surface area is 197 Å². The smallest absolute Gasteiger partial charge is 0.415 e. The SMILES string of the molecule is CCN(CC)C(=O)Oc1ccc2c(ccn2Cc2c(F)cccc2F)c1-c1ccc(OC)cc1. The van der Waals surface area contributed by atoms with Crippen LogP contribution in [-0.2, 0) is 6.54 Å². The van der Waals surface area contributed by atoms with Crippen molar-refractivity contribution >= 4 is 17.0 Å². The molecule has 0 aliphatic heterocycles. The van der Waals surface area contributed by atoms with Crippen LogP contribution < -0.4 is 9.47 Å². The molecule has 1 amide bonds. The molecule has 4 rings (SSSR count). The Hall–Kier alpha value is -3.87. The van der Waals surface area contributed by atoms with Gasteiger partial charge in [-0.1, -0.05) is 18.2 Å². The first-order chi connectivity index (χ1) is 16.5. The Morgan fingerprint density at radius 1 is 0.941 bits per heavy atom. The minimum Gasteiger partial charge on any atom is -0.497 e. The van der Waals surface area contributed by atoms with Gasteiger partial charge in [0.2, 0.25) is 0 Å². The summed E-state index contributed by atoms with van der Waals surface area (Å²) in [4.78, 5) is 14.3. The maximum absolute atomic E-state index is 14.3. The summed E-state index contributed by atoms with van der Waals surface area (Å²) in [6.45, 7) is 4.86. The van der Waals surface area contributed by atoms with E-state index in [9.17, 15) is 13.6 Å². The number of nitrogens with zero attached hydrogens (tertiary/aromatic N) is 2. The van der Waals surface area contributed by atoms with E-state index in [-0.39, 0.29) is 12.1 Å². The van der Waals surface area contributed by atoms with Gasteiger partial charge in [0.1, 0.15) is 23.1 Å². The molecular weight excluding hydrogens is 438 g/mol. The number of carbonyl (C=O) groups excluding carboxylic acids is 1. The van der Waals surface area contributed by atoms with Crippen molar-refractivity contribution in [3.8, 4) is 22.6 Å². The molecule has 7 heteroatoms. The largest absolute Gasteiger partial charge is 0.497 e. The highest BCUT2D eigenvalue weighted by molar-refractivity contribution is 5.99. The maximum Gasteiger partial charge on any atom is 0.415 e. The molecule has 176 valence electrons. The third-order valence-corrected chi connectivity index (χ3v) is 5.90. The van der Waals surface area contributed by atoms with E-state index in [4.69, 9.17) is 9.47 Å². The molecule has 5 nitrogen and oxygen atoms in total. The average Bonchev–Trinajstić information content (AvgIpc) is 3.25. The molecule has 34 heavy (non-hydrogen) atoms. The van der Waals surface area contributed by atoms with Crippen LogP contribution in [0.1, 0.15) is 19.4 Å². The Balaban J connectivity index is 1.83. The molecule has 3 aromatic carbocycles. The van der Waals surface area contributed by atoms with Gasteiger partial charge in [-0.3, -0.25) is 0 Å². The minimum absolute atomic E-state index is 0.0111. The number of benzene rings is 3. The van der Waals surface area contributed by atoms with Crippen molar-refractivity contribution in [3.63, 3.8) is 0 Å². The number of amides is 1. The molecule has 1 heterocycles. The van der Waals surface area contributed by atoms with Gasteiger partial charge in [0.25, 0.3) is 0 Å². The third kappa shape index (κ3) is 4.46. The number of carbonyl (C=O) groups is 1. The van der Waals surface area contributed by atoms with Crippen molar-refractivity contribution in [2.75, 3.05) is 20.2 Å². The summed E-state index contributed by atoms with van der Waals surface area (Å²) in [5.41, 5.74) is 2.29. The molecule has 0 unspecified atom stereocenters. The lowest BCUT2D eigenvalue weighted by Gasteiger charge is -2.20. The molecule has 0 bridgehead atoms. The summed E-state index contributed by atoms with van der Waals surface area (Å²) in [6.07, 6.45) is 1.34. The maximum atomic E-state index is 14.3. The van der Waals surface area contributed by atoms with E-state index in [2.05, 4.69) is 0 Å². The van der Waals surface area contributed by atoms with Crippen molar-refractivity contribution in [3.05, 3.63) is 84.1 Å². The zero-order chi connectivity index (χ0) is 24.2. The van der Waals surface area contributed by atoms with E-state index in [1.165, 1.54) is 18.2 Å². The van der Waals surface area contributed by atoms with Crippen molar-refractivity contribution in [2.24, 2.45) is 0 Å². The van der Waals surface area contributed by atoms with E-state index in [0.717, 1.165) is 16.5 Å². The van der Waals surface area contributed by atoms with Crippen LogP contribution in [0.2, 0.25) is 0 Å². The number of fused-ring (bicyclic) bond motifs is 1. The van der Waals surface area contributed by atoms with Crippen LogP contribution in [0.3, 0.4) is 0 Å². The topological polar surface area (TPSA) is 43.7 Å². The number of methoxy groups -OCH3 is 1. The van der Waals surface area contributed by atoms with Crippen molar-refractivity contribution in [1.29, 1.82) is 0 Å². The van der Waals surface area contributed by atoms with Gasteiger partial charge in [0, 0.05) is 41.3 Å². The summed E-state index contributed by atoms with van der Waals surface area (Å²) >= 11 is 0. The van der Waals surface area contributed by atoms with E-state index in [1.807, 2.05) is 44.2 Å². The molecule has 4 aromatic rings. The van der Waals surface area contributed by atoms with Gasteiger partial charge in [-0.05, 0) is 61.9 Å². The highest BCUT2D eigenvalue weighted by Crippen LogP contribution is 2.39. The molecule has 0 saturated heterocycles. The first-order valence-corrected chi connectivity index (χ1v) is 11.1. The lowest BCUT2D eigenvalue weighted by molar-refractivity contribution is 0.157. The van der Waals surface area contributed by atoms with E-state index in [0.29, 0.717) is 30.2 Å². The molecule has 0 spiro atoms. The Morgan fingerprint density at radius 3 is 2.24 bits per heavy atom. The third-order valence-electron chi connectivity index (χ3n) is 5.90. The molecular formula is C27H26F2N2O3. The second kappa shape index (κ2) is 9.95. The van der Waals surface area contributed by atoms with Gasteiger partial charge in [0.05, 0.1) is 13.7 Å². The predicted octanol–water partition coefficient (Wildman–Crippen LogP) is 6.48. The molecule has 0 aliphatic carbocycles. The molecule has 0 N–H and O–H groups in total. The van der Waals surface area contributed by atoms with Gasteiger partial charge in [-0.25, -0.2) is 13.6 Å². The number of hydrogen-bond acceptors (Lipinski definition) is 3. The predicted molar refractivity (Wildman–Crippen MR) is 128 cm³/mol. The highest BCUT2D eigenvalue weighted by Gasteiger charge is 2.20. The van der Waals surface area contributed by atoms with Gasteiger partial charge in [0.15, 0.2) is 0 Å². The van der Waals surface area contributed by atoms with Crippen molar-refractivity contribution in [2.45, 2.75) is 20.4 Å². The minimum atomic E-state index is -0.595. The fourth-order valence-electron chi connectivity index (χ4n) is 4.03. The lowest BCUT2D eigenvalue weighted by Crippen LogP contribution is -2.33. The highest BCUT2D eigenvalue weighted by atomic mass is 19.1. The number of aromatic nitrogens is 1. The monoisotopic (exact) mass is 464 g/mol. The van der Waals surface area contributed by atoms with E-state index < -0.39 is 17.7 Å². The van der Waals surface area contributed by atoms with Crippen LogP contribution in [0, 0.1) is 11.6 Å². The standard InChI is InChI=1S/C27H26F2N2O3/c1-4-30(5-2)27(32)34-25-14-13-24-20(26(25)18-9-11-19(33-3)12-10-18)15-16-31(24)17-21-22(28)7-6-8-23(21)29/h6-16H,4-5,17H2,1-3H3. The average molecular weight is 465 g/mol. The Bertz CT molecular complexity index is 1290. The fourth-order valence-corrected chi connectivity index (χ4v) is 4.03. The molecule has 0 fully saturated rings. The normalized spacial score (nSPS) is 11.0. The number of halogens is 2. The molecule has 1 aromatic heterocycles. The summed E-state index contributed by atoms with van der Waals surface area (Å²) in [5.74, 6) is -0.0846. The number of ether oxygens (including phenoxy) is 2. The quantitative estimate of drug-likeness (QED) is 0.314. The second-order valence-corrected chi connectivity index (χ2v) is 7.78. The summed E-state index contributed by atoms with van der Waals surface area (Å²) in [5, 5.41) is 0.798. The van der Waals surface area contributed by atoms with E-state index >= 15 is 0 Å². The number of rotatable bonds is 7. The first-order valence-electron chi connectivity index (χ1n) is 11.1. The van der Waals surface area contributed by atoms with Crippen LogP contribution in [-0.4, -0.2) is 35.8 Å². The lowest BCUT2D eigenvalue weighted by atomic mass is 10.0. The summed E-state index contributed by atoms with van der Waals surface area (Å²) in [7, 11) is 1.59. The molecule has 0 atom stereocenters. The Morgan fingerprint density at radius 2 is 1.62 bits per heavy atom. The Kier molecular flexibility index (Phi) is 6.82. The number of hydrogen-bond donors (Lipinski definition) is 0. The van der Waals surface area contributed by atoms with Crippen LogP contribution in [0.4, 0.5) is 13.6 Å². The summed E-state index contributed by atoms with van der Waals surface area (Å²) in [6, 6.07) is 16.7. The zero-order valence-corrected chi connectivity index (χ0v) is 19.3. The van der Waals surface area contributed by atoms with Crippen LogP contribution in [0.15, 0.2) is 66.9 Å². The van der Waals surface area contributed by atoms with Gasteiger partial charge >= 0.3 is 6.09 Å². The van der Waals surface area contributed by atoms with Crippen LogP contribution in [0.25, 0.3) is 22.0 Å². The van der Waals surface area contributed by atoms with Gasteiger partial charge in [-0.2, -0.15) is 0 Å². The van der Waals surface area contributed by atoms with Crippen molar-refractivity contribution < 1.29 is 23.0 Å². The van der Waals surface area contributed by atoms with Gasteiger partial charge < -0.3 is 18.9 Å². The zero-order valence-electron chi connectivity index (χ0n) is 19.3. The molecule has 0 radical (unpaired) electrons. The van der Waals surface area contributed by atoms with Crippen LogP contribution >= 0.6 is 0 Å². The molecule has 0 aliphatic rings. The van der Waals surface area contributed by atoms with Crippen LogP contribution in [0.5, 0.6) is 11.5 Å². The molecule has 0 saturated carbocycles. The van der Waals surface area contributed by atoms with Gasteiger partial charge in [-0.15, -0.1) is 0 Å². The fraction of sp³-hybridized carbons (Fsp3) is 0.222. The first kappa shape index (κ1) is 23.3. The summed E-state index contributed by atoms with van der Waals surface area (Å²) < 4.78 is 41.4. The second-order valence-electron chi connectivity index (χ2n) is 7.78.